The molecule has 0 saturated carbocycles. The van der Waals surface area contributed by atoms with E-state index in [-0.39, 0.29) is 18.0 Å². The number of carbonyl (C=O) groups excluding carboxylic acids is 2. The number of urea groups is 1. The number of nitrogens with one attached hydrogen (secondary N) is 2. The predicted molar refractivity (Wildman–Crippen MR) is 99.5 cm³/mol. The molecular weight excluding hydrogens is 330 g/mol. The van der Waals surface area contributed by atoms with Gasteiger partial charge in [-0.3, -0.25) is 4.90 Å². The summed E-state index contributed by atoms with van der Waals surface area (Å²) in [4.78, 5) is 26.7. The minimum atomic E-state index is -0.360. The molecule has 2 amide bonds. The van der Waals surface area contributed by atoms with Crippen molar-refractivity contribution in [3.05, 3.63) is 47.2 Å². The molecule has 0 aliphatic carbocycles. The average molecular weight is 357 g/mol. The summed E-state index contributed by atoms with van der Waals surface area (Å²) in [5, 5.41) is 5.58. The molecule has 1 aromatic rings. The fourth-order valence-corrected chi connectivity index (χ4v) is 3.83. The molecule has 2 aliphatic rings. The Labute approximate surface area is 154 Å². The number of likely N-dealkylation sites (tertiary alicyclic amines) is 1. The molecule has 1 saturated heterocycles. The summed E-state index contributed by atoms with van der Waals surface area (Å²) in [6.07, 6.45) is 3.23. The number of nitrogens with zero attached hydrogens (tertiary/aromatic N) is 1. The quantitative estimate of drug-likeness (QED) is 0.766. The first-order valence-electron chi connectivity index (χ1n) is 9.34. The zero-order valence-electron chi connectivity index (χ0n) is 15.5. The van der Waals surface area contributed by atoms with E-state index >= 15 is 0 Å². The van der Waals surface area contributed by atoms with Crippen molar-refractivity contribution in [1.82, 2.24) is 15.5 Å². The minimum absolute atomic E-state index is 0.264. The lowest BCUT2D eigenvalue weighted by Crippen LogP contribution is -2.51. The molecule has 0 radical (unpaired) electrons. The molecule has 0 spiro atoms. The van der Waals surface area contributed by atoms with E-state index in [9.17, 15) is 9.59 Å². The van der Waals surface area contributed by atoms with Gasteiger partial charge in [0.05, 0.1) is 18.2 Å². The number of esters is 1. The first-order chi connectivity index (χ1) is 12.6. The molecule has 6 heteroatoms. The van der Waals surface area contributed by atoms with Crippen LogP contribution in [0.25, 0.3) is 0 Å². The number of carbonyl (C=O) groups is 2. The van der Waals surface area contributed by atoms with Crippen LogP contribution >= 0.6 is 0 Å². The topological polar surface area (TPSA) is 70.7 Å². The normalized spacial score (nSPS) is 23.5. The number of hydrogen-bond acceptors (Lipinski definition) is 4. The monoisotopic (exact) mass is 357 g/mol. The molecule has 1 fully saturated rings. The van der Waals surface area contributed by atoms with Crippen LogP contribution in [0.15, 0.2) is 41.6 Å². The zero-order chi connectivity index (χ0) is 18.5. The molecule has 140 valence electrons. The summed E-state index contributed by atoms with van der Waals surface area (Å²) >= 11 is 0. The van der Waals surface area contributed by atoms with Crippen molar-refractivity contribution in [1.29, 1.82) is 0 Å². The van der Waals surface area contributed by atoms with Gasteiger partial charge < -0.3 is 15.4 Å². The van der Waals surface area contributed by atoms with Gasteiger partial charge in [-0.05, 0) is 45.2 Å². The second-order valence-electron chi connectivity index (χ2n) is 6.89. The largest absolute Gasteiger partial charge is 0.463 e. The lowest BCUT2D eigenvalue weighted by molar-refractivity contribution is -0.139. The van der Waals surface area contributed by atoms with Crippen molar-refractivity contribution in [3.63, 3.8) is 0 Å². The van der Waals surface area contributed by atoms with Crippen LogP contribution in [-0.2, 0) is 16.0 Å². The van der Waals surface area contributed by atoms with E-state index in [0.717, 1.165) is 25.8 Å². The number of hydrogen-bond donors (Lipinski definition) is 2. The van der Waals surface area contributed by atoms with Crippen LogP contribution in [0.4, 0.5) is 4.79 Å². The Hall–Kier alpha value is -2.34. The molecule has 0 unspecified atom stereocenters. The summed E-state index contributed by atoms with van der Waals surface area (Å²) in [5.74, 6) is -0.360. The molecule has 6 nitrogen and oxygen atoms in total. The SMILES string of the molecule is CCOC(=O)C1=C(CN2CCC[C@H]2Cc2ccccc2)NC(=O)N[C@H]1C. The maximum Gasteiger partial charge on any atom is 0.337 e. The predicted octanol–water partition coefficient (Wildman–Crippen LogP) is 2.21. The Morgan fingerprint density at radius 3 is 2.81 bits per heavy atom. The molecule has 0 bridgehead atoms. The third-order valence-electron chi connectivity index (χ3n) is 5.04. The number of benzene rings is 1. The summed E-state index contributed by atoms with van der Waals surface area (Å²) in [5.41, 5.74) is 2.50. The Morgan fingerprint density at radius 2 is 2.08 bits per heavy atom. The minimum Gasteiger partial charge on any atom is -0.463 e. The van der Waals surface area contributed by atoms with Crippen molar-refractivity contribution in [2.75, 3.05) is 19.7 Å². The summed E-state index contributed by atoms with van der Waals surface area (Å²) in [6, 6.07) is 10.2. The van der Waals surface area contributed by atoms with Crippen LogP contribution in [0.3, 0.4) is 0 Å². The van der Waals surface area contributed by atoms with E-state index in [4.69, 9.17) is 4.74 Å². The van der Waals surface area contributed by atoms with Gasteiger partial charge in [0.15, 0.2) is 0 Å². The summed E-state index contributed by atoms with van der Waals surface area (Å²) < 4.78 is 5.20. The Morgan fingerprint density at radius 1 is 1.31 bits per heavy atom. The van der Waals surface area contributed by atoms with E-state index in [1.165, 1.54) is 5.56 Å². The van der Waals surface area contributed by atoms with Crippen molar-refractivity contribution in [3.8, 4) is 0 Å². The van der Waals surface area contributed by atoms with Crippen LogP contribution in [0.1, 0.15) is 32.3 Å². The molecule has 2 atom stereocenters. The number of amides is 2. The van der Waals surface area contributed by atoms with Gasteiger partial charge in [-0.1, -0.05) is 30.3 Å². The molecule has 2 N–H and O–H groups in total. The molecule has 0 aromatic heterocycles. The molecule has 3 rings (SSSR count). The van der Waals surface area contributed by atoms with Gasteiger partial charge in [0, 0.05) is 18.3 Å². The van der Waals surface area contributed by atoms with Crippen LogP contribution in [0.5, 0.6) is 0 Å². The molecular formula is C20H27N3O3. The van der Waals surface area contributed by atoms with Crippen molar-refractivity contribution < 1.29 is 14.3 Å². The van der Waals surface area contributed by atoms with E-state index in [1.807, 2.05) is 13.0 Å². The van der Waals surface area contributed by atoms with Crippen LogP contribution in [0, 0.1) is 0 Å². The number of rotatable bonds is 6. The van der Waals surface area contributed by atoms with E-state index in [0.29, 0.717) is 30.5 Å². The average Bonchev–Trinajstić information content (AvgIpc) is 3.02. The highest BCUT2D eigenvalue weighted by Crippen LogP contribution is 2.24. The Bertz CT molecular complexity index is 687. The molecule has 1 aromatic carbocycles. The second-order valence-corrected chi connectivity index (χ2v) is 6.89. The Kier molecular flexibility index (Phi) is 5.93. The maximum absolute atomic E-state index is 12.4. The highest BCUT2D eigenvalue weighted by Gasteiger charge is 2.33. The standard InChI is InChI=1S/C20H27N3O3/c1-3-26-19(24)18-14(2)21-20(25)22-17(18)13-23-11-7-10-16(23)12-15-8-5-4-6-9-15/h4-6,8-9,14,16H,3,7,10-13H2,1-2H3,(H2,21,22,25)/t14-,16-/m0/s1. The van der Waals surface area contributed by atoms with Gasteiger partial charge in [0.1, 0.15) is 0 Å². The lowest BCUT2D eigenvalue weighted by atomic mass is 10.0. The van der Waals surface area contributed by atoms with Gasteiger partial charge in [-0.2, -0.15) is 0 Å². The first kappa shape index (κ1) is 18.5. The molecule has 26 heavy (non-hydrogen) atoms. The molecule has 2 heterocycles. The van der Waals surface area contributed by atoms with Gasteiger partial charge in [-0.25, -0.2) is 9.59 Å². The van der Waals surface area contributed by atoms with Crippen molar-refractivity contribution in [2.45, 2.75) is 45.2 Å². The smallest absolute Gasteiger partial charge is 0.337 e. The van der Waals surface area contributed by atoms with E-state index in [2.05, 4.69) is 39.8 Å². The number of ether oxygens (including phenoxy) is 1. The Balaban J connectivity index is 1.78. The van der Waals surface area contributed by atoms with E-state index < -0.39 is 0 Å². The molecule has 2 aliphatic heterocycles. The van der Waals surface area contributed by atoms with Crippen LogP contribution < -0.4 is 10.6 Å². The third kappa shape index (κ3) is 4.25. The van der Waals surface area contributed by atoms with Crippen molar-refractivity contribution in [2.24, 2.45) is 0 Å². The maximum atomic E-state index is 12.4. The zero-order valence-corrected chi connectivity index (χ0v) is 15.5. The van der Waals surface area contributed by atoms with Gasteiger partial charge >= 0.3 is 12.0 Å². The summed E-state index contributed by atoms with van der Waals surface area (Å²) in [7, 11) is 0. The van der Waals surface area contributed by atoms with Gasteiger partial charge in [-0.15, -0.1) is 0 Å². The highest BCUT2D eigenvalue weighted by atomic mass is 16.5. The van der Waals surface area contributed by atoms with Crippen molar-refractivity contribution >= 4 is 12.0 Å². The van der Waals surface area contributed by atoms with E-state index in [1.54, 1.807) is 6.92 Å². The fraction of sp³-hybridized carbons (Fsp3) is 0.500. The fourth-order valence-electron chi connectivity index (χ4n) is 3.83. The van der Waals surface area contributed by atoms with Gasteiger partial charge in [0.25, 0.3) is 0 Å². The second kappa shape index (κ2) is 8.36. The first-order valence-corrected chi connectivity index (χ1v) is 9.34. The highest BCUT2D eigenvalue weighted by molar-refractivity contribution is 5.94. The lowest BCUT2D eigenvalue weighted by Gasteiger charge is -2.31. The van der Waals surface area contributed by atoms with Crippen LogP contribution in [-0.4, -0.2) is 48.7 Å². The van der Waals surface area contributed by atoms with Crippen LogP contribution in [0.2, 0.25) is 0 Å². The van der Waals surface area contributed by atoms with Gasteiger partial charge in [0.2, 0.25) is 0 Å². The summed E-state index contributed by atoms with van der Waals surface area (Å²) in [6.45, 7) is 5.44. The third-order valence-corrected chi connectivity index (χ3v) is 5.04.